The number of aryl methyl sites for hydroxylation is 2. The SMILES string of the molecule is Cc1oc(=O)oc1COC(=O)OCc1oc(=O)oc1C. The van der Waals surface area contributed by atoms with E-state index < -0.39 is 17.8 Å². The molecular formula is C11H10O9. The molecule has 0 atom stereocenters. The van der Waals surface area contributed by atoms with Crippen molar-refractivity contribution in [3.05, 3.63) is 44.3 Å². The van der Waals surface area contributed by atoms with Crippen molar-refractivity contribution in [3.63, 3.8) is 0 Å². The van der Waals surface area contributed by atoms with Gasteiger partial charge in [0, 0.05) is 0 Å². The molecule has 108 valence electrons. The molecule has 0 fully saturated rings. The number of hydrogen-bond acceptors (Lipinski definition) is 9. The Morgan fingerprint density at radius 1 is 0.850 bits per heavy atom. The highest BCUT2D eigenvalue weighted by Gasteiger charge is 2.14. The van der Waals surface area contributed by atoms with Gasteiger partial charge in [0.05, 0.1) is 0 Å². The quantitative estimate of drug-likeness (QED) is 0.763. The van der Waals surface area contributed by atoms with Crippen LogP contribution in [0, 0.1) is 13.8 Å². The molecule has 0 N–H and O–H groups in total. The minimum Gasteiger partial charge on any atom is -0.426 e. The fraction of sp³-hybridized carbons (Fsp3) is 0.364. The Labute approximate surface area is 110 Å². The molecule has 2 rings (SSSR count). The van der Waals surface area contributed by atoms with Crippen LogP contribution in [0.3, 0.4) is 0 Å². The van der Waals surface area contributed by atoms with Crippen molar-refractivity contribution < 1.29 is 31.9 Å². The molecule has 0 aromatic carbocycles. The third-order valence-electron chi connectivity index (χ3n) is 2.31. The van der Waals surface area contributed by atoms with Crippen LogP contribution in [-0.4, -0.2) is 6.16 Å². The summed E-state index contributed by atoms with van der Waals surface area (Å²) in [5.74, 6) is -1.19. The Morgan fingerprint density at radius 2 is 1.25 bits per heavy atom. The molecule has 2 aromatic rings. The van der Waals surface area contributed by atoms with Gasteiger partial charge in [-0.1, -0.05) is 0 Å². The van der Waals surface area contributed by atoms with Crippen LogP contribution >= 0.6 is 0 Å². The van der Waals surface area contributed by atoms with Gasteiger partial charge in [-0.2, -0.15) is 0 Å². The summed E-state index contributed by atoms with van der Waals surface area (Å²) in [5, 5.41) is 0. The van der Waals surface area contributed by atoms with Gasteiger partial charge in [0.2, 0.25) is 0 Å². The number of hydrogen-bond donors (Lipinski definition) is 0. The van der Waals surface area contributed by atoms with Crippen molar-refractivity contribution in [2.45, 2.75) is 27.1 Å². The van der Waals surface area contributed by atoms with Crippen molar-refractivity contribution in [1.29, 1.82) is 0 Å². The molecule has 0 saturated carbocycles. The maximum absolute atomic E-state index is 11.3. The first-order valence-corrected chi connectivity index (χ1v) is 5.44. The van der Waals surface area contributed by atoms with E-state index >= 15 is 0 Å². The van der Waals surface area contributed by atoms with Gasteiger partial charge in [-0.15, -0.1) is 0 Å². The molecule has 0 bridgehead atoms. The summed E-state index contributed by atoms with van der Waals surface area (Å²) >= 11 is 0. The van der Waals surface area contributed by atoms with E-state index in [4.69, 9.17) is 0 Å². The molecule has 9 heteroatoms. The summed E-state index contributed by atoms with van der Waals surface area (Å²) in [6, 6.07) is 0. The molecule has 0 aliphatic carbocycles. The second-order valence-electron chi connectivity index (χ2n) is 3.69. The Bertz CT molecular complexity index is 651. The molecule has 0 amide bonds. The zero-order valence-corrected chi connectivity index (χ0v) is 10.6. The van der Waals surface area contributed by atoms with Crippen LogP contribution in [0.4, 0.5) is 4.79 Å². The van der Waals surface area contributed by atoms with Gasteiger partial charge in [-0.3, -0.25) is 0 Å². The maximum Gasteiger partial charge on any atom is 0.519 e. The Balaban J connectivity index is 1.84. The van der Waals surface area contributed by atoms with Gasteiger partial charge in [0.15, 0.2) is 36.3 Å². The third-order valence-corrected chi connectivity index (χ3v) is 2.31. The van der Waals surface area contributed by atoms with Crippen molar-refractivity contribution in [2.24, 2.45) is 0 Å². The lowest BCUT2D eigenvalue weighted by Crippen LogP contribution is -2.08. The molecule has 0 aliphatic heterocycles. The van der Waals surface area contributed by atoms with Crippen LogP contribution < -0.4 is 11.6 Å². The first-order valence-electron chi connectivity index (χ1n) is 5.44. The number of carbonyl (C=O) groups excluding carboxylic acids is 1. The van der Waals surface area contributed by atoms with E-state index in [9.17, 15) is 14.4 Å². The van der Waals surface area contributed by atoms with Gasteiger partial charge in [0.25, 0.3) is 0 Å². The van der Waals surface area contributed by atoms with Crippen molar-refractivity contribution in [1.82, 2.24) is 0 Å². The summed E-state index contributed by atoms with van der Waals surface area (Å²) in [6.07, 6.45) is -1.03. The molecule has 9 nitrogen and oxygen atoms in total. The third kappa shape index (κ3) is 3.19. The summed E-state index contributed by atoms with van der Waals surface area (Å²) in [7, 11) is 0. The number of ether oxygens (including phenoxy) is 2. The van der Waals surface area contributed by atoms with Gasteiger partial charge in [0.1, 0.15) is 0 Å². The van der Waals surface area contributed by atoms with Crippen LogP contribution in [0.15, 0.2) is 27.3 Å². The van der Waals surface area contributed by atoms with Crippen LogP contribution in [0.5, 0.6) is 0 Å². The highest BCUT2D eigenvalue weighted by atomic mass is 16.7. The normalized spacial score (nSPS) is 10.5. The number of rotatable bonds is 4. The Morgan fingerprint density at radius 3 is 1.55 bits per heavy atom. The minimum absolute atomic E-state index is 0.0815. The molecule has 2 heterocycles. The van der Waals surface area contributed by atoms with Gasteiger partial charge >= 0.3 is 17.8 Å². The first-order chi connectivity index (χ1) is 9.45. The van der Waals surface area contributed by atoms with E-state index in [-0.39, 0.29) is 36.3 Å². The standard InChI is InChI=1S/C11H10O9/c1-5-7(19-10(13)17-5)3-15-9(12)16-4-8-6(2)18-11(14)20-8/h3-4H2,1-2H3. The second-order valence-corrected chi connectivity index (χ2v) is 3.69. The highest BCUT2D eigenvalue weighted by molar-refractivity contribution is 5.59. The lowest BCUT2D eigenvalue weighted by atomic mass is 10.4. The fourth-order valence-corrected chi connectivity index (χ4v) is 1.30. The summed E-state index contributed by atoms with van der Waals surface area (Å²) in [6.45, 7) is 2.34. The van der Waals surface area contributed by atoms with Gasteiger partial charge in [-0.25, -0.2) is 14.4 Å². The zero-order valence-electron chi connectivity index (χ0n) is 10.6. The molecule has 0 spiro atoms. The van der Waals surface area contributed by atoms with Crippen LogP contribution in [0.25, 0.3) is 0 Å². The number of carbonyl (C=O) groups is 1. The van der Waals surface area contributed by atoms with Crippen LogP contribution in [-0.2, 0) is 22.7 Å². The fourth-order valence-electron chi connectivity index (χ4n) is 1.30. The summed E-state index contributed by atoms with van der Waals surface area (Å²) in [4.78, 5) is 32.8. The largest absolute Gasteiger partial charge is 0.519 e. The van der Waals surface area contributed by atoms with Gasteiger partial charge < -0.3 is 27.1 Å². The maximum atomic E-state index is 11.3. The van der Waals surface area contributed by atoms with E-state index in [0.29, 0.717) is 0 Å². The molecular weight excluding hydrogens is 276 g/mol. The predicted molar refractivity (Wildman–Crippen MR) is 58.9 cm³/mol. The zero-order chi connectivity index (χ0) is 14.7. The second kappa shape index (κ2) is 5.51. The van der Waals surface area contributed by atoms with Gasteiger partial charge in [-0.05, 0) is 13.8 Å². The highest BCUT2D eigenvalue weighted by Crippen LogP contribution is 2.09. The molecule has 2 aromatic heterocycles. The Hall–Kier alpha value is -2.71. The monoisotopic (exact) mass is 286 g/mol. The van der Waals surface area contributed by atoms with E-state index in [1.807, 2.05) is 0 Å². The predicted octanol–water partition coefficient (Wildman–Crippen LogP) is 1.25. The van der Waals surface area contributed by atoms with E-state index in [0.717, 1.165) is 0 Å². The lowest BCUT2D eigenvalue weighted by Gasteiger charge is -2.03. The summed E-state index contributed by atoms with van der Waals surface area (Å²) < 4.78 is 27.8. The molecule has 0 aliphatic rings. The average Bonchev–Trinajstić information content (AvgIpc) is 2.86. The minimum atomic E-state index is -1.03. The molecule has 0 radical (unpaired) electrons. The Kier molecular flexibility index (Phi) is 3.78. The van der Waals surface area contributed by atoms with Crippen LogP contribution in [0.1, 0.15) is 23.0 Å². The smallest absolute Gasteiger partial charge is 0.426 e. The average molecular weight is 286 g/mol. The van der Waals surface area contributed by atoms with Crippen molar-refractivity contribution >= 4 is 6.16 Å². The topological polar surface area (TPSA) is 122 Å². The van der Waals surface area contributed by atoms with Crippen molar-refractivity contribution in [3.8, 4) is 0 Å². The van der Waals surface area contributed by atoms with E-state index in [2.05, 4.69) is 27.1 Å². The van der Waals surface area contributed by atoms with Crippen molar-refractivity contribution in [2.75, 3.05) is 0 Å². The molecule has 0 saturated heterocycles. The lowest BCUT2D eigenvalue weighted by molar-refractivity contribution is 0.0355. The van der Waals surface area contributed by atoms with E-state index in [1.165, 1.54) is 13.8 Å². The molecule has 20 heavy (non-hydrogen) atoms. The first kappa shape index (κ1) is 13.7. The van der Waals surface area contributed by atoms with E-state index in [1.54, 1.807) is 0 Å². The molecule has 0 unspecified atom stereocenters. The van der Waals surface area contributed by atoms with Crippen LogP contribution in [0.2, 0.25) is 0 Å². The summed E-state index contributed by atoms with van der Waals surface area (Å²) in [5.41, 5.74) is 0.